The molecule has 0 fully saturated rings. The first-order chi connectivity index (χ1) is 7.02. The fourth-order valence-electron chi connectivity index (χ4n) is 2.54. The van der Waals surface area contributed by atoms with Crippen molar-refractivity contribution < 1.29 is 0 Å². The Morgan fingerprint density at radius 2 is 1.67 bits per heavy atom. The molecule has 0 aromatic rings. The average Bonchev–Trinajstić information content (AvgIpc) is 2.13. The molecular formula is C14H31B. The van der Waals surface area contributed by atoms with E-state index in [0.29, 0.717) is 5.31 Å². The van der Waals surface area contributed by atoms with Crippen LogP contribution in [-0.4, -0.2) is 7.85 Å². The van der Waals surface area contributed by atoms with Crippen LogP contribution in [0.15, 0.2) is 0 Å². The highest BCUT2D eigenvalue weighted by Gasteiger charge is 2.15. The summed E-state index contributed by atoms with van der Waals surface area (Å²) in [6.07, 6.45) is 11.2. The Morgan fingerprint density at radius 1 is 1.00 bits per heavy atom. The van der Waals surface area contributed by atoms with Crippen molar-refractivity contribution in [2.24, 2.45) is 5.92 Å². The average molecular weight is 210 g/mol. The summed E-state index contributed by atoms with van der Waals surface area (Å²) in [7, 11) is 2.42. The Bertz CT molecular complexity index is 140. The van der Waals surface area contributed by atoms with Crippen molar-refractivity contribution in [3.05, 3.63) is 0 Å². The zero-order valence-corrected chi connectivity index (χ0v) is 11.7. The molecule has 0 aliphatic carbocycles. The molecule has 0 heterocycles. The zero-order valence-electron chi connectivity index (χ0n) is 11.7. The van der Waals surface area contributed by atoms with E-state index < -0.39 is 0 Å². The van der Waals surface area contributed by atoms with Gasteiger partial charge in [0.25, 0.3) is 0 Å². The predicted molar refractivity (Wildman–Crippen MR) is 74.4 cm³/mol. The van der Waals surface area contributed by atoms with E-state index in [1.165, 1.54) is 51.4 Å². The monoisotopic (exact) mass is 210 g/mol. The summed E-state index contributed by atoms with van der Waals surface area (Å²) in [4.78, 5) is 0. The molecule has 1 heteroatoms. The lowest BCUT2D eigenvalue weighted by molar-refractivity contribution is 0.426. The maximum Gasteiger partial charge on any atom is 0.109 e. The highest BCUT2D eigenvalue weighted by Crippen LogP contribution is 2.33. The van der Waals surface area contributed by atoms with E-state index in [-0.39, 0.29) is 0 Å². The van der Waals surface area contributed by atoms with Gasteiger partial charge in [-0.2, -0.15) is 0 Å². The van der Waals surface area contributed by atoms with Crippen molar-refractivity contribution in [2.45, 2.75) is 84.4 Å². The number of hydrogen-bond donors (Lipinski definition) is 0. The van der Waals surface area contributed by atoms with E-state index in [1.54, 1.807) is 0 Å². The SMILES string of the molecule is BC(C)(CCC)CCCCC(C)CCC. The van der Waals surface area contributed by atoms with Crippen molar-refractivity contribution in [3.8, 4) is 0 Å². The molecule has 0 rings (SSSR count). The molecule has 0 spiro atoms. The van der Waals surface area contributed by atoms with Gasteiger partial charge in [0.15, 0.2) is 0 Å². The van der Waals surface area contributed by atoms with Crippen LogP contribution in [-0.2, 0) is 0 Å². The molecule has 0 radical (unpaired) electrons. The number of hydrogen-bond acceptors (Lipinski definition) is 0. The molecular weight excluding hydrogens is 179 g/mol. The van der Waals surface area contributed by atoms with Crippen molar-refractivity contribution in [2.75, 3.05) is 0 Å². The Hall–Kier alpha value is 0.0649. The van der Waals surface area contributed by atoms with E-state index >= 15 is 0 Å². The van der Waals surface area contributed by atoms with Gasteiger partial charge in [-0.3, -0.25) is 0 Å². The summed E-state index contributed by atoms with van der Waals surface area (Å²) in [5.74, 6) is 0.948. The molecule has 2 unspecified atom stereocenters. The van der Waals surface area contributed by atoms with Crippen molar-refractivity contribution in [1.82, 2.24) is 0 Å². The fourth-order valence-corrected chi connectivity index (χ4v) is 2.54. The predicted octanol–water partition coefficient (Wildman–Crippen LogP) is 4.59. The van der Waals surface area contributed by atoms with Gasteiger partial charge in [-0.05, 0) is 5.92 Å². The number of unbranched alkanes of at least 4 members (excludes halogenated alkanes) is 1. The topological polar surface area (TPSA) is 0 Å². The smallest absolute Gasteiger partial charge is 0.0669 e. The third-order valence-corrected chi connectivity index (χ3v) is 3.51. The fraction of sp³-hybridized carbons (Fsp3) is 1.00. The van der Waals surface area contributed by atoms with Gasteiger partial charge in [0, 0.05) is 0 Å². The second kappa shape index (κ2) is 8.24. The first-order valence-corrected chi connectivity index (χ1v) is 7.02. The van der Waals surface area contributed by atoms with Crippen LogP contribution in [0.1, 0.15) is 79.1 Å². The molecule has 0 saturated carbocycles. The molecule has 0 N–H and O–H groups in total. The molecule has 0 aromatic carbocycles. The maximum atomic E-state index is 2.42. The van der Waals surface area contributed by atoms with Crippen LogP contribution in [0.5, 0.6) is 0 Å². The van der Waals surface area contributed by atoms with E-state index in [4.69, 9.17) is 0 Å². The molecule has 0 saturated heterocycles. The van der Waals surface area contributed by atoms with Gasteiger partial charge in [0.1, 0.15) is 7.85 Å². The van der Waals surface area contributed by atoms with E-state index in [0.717, 1.165) is 5.92 Å². The van der Waals surface area contributed by atoms with Crippen LogP contribution >= 0.6 is 0 Å². The van der Waals surface area contributed by atoms with E-state index in [1.807, 2.05) is 0 Å². The molecule has 0 aliphatic rings. The summed E-state index contributed by atoms with van der Waals surface area (Å²) in [5, 5.41) is 0.586. The molecule has 90 valence electrons. The minimum atomic E-state index is 0.586. The van der Waals surface area contributed by atoms with Gasteiger partial charge >= 0.3 is 0 Å². The molecule has 0 amide bonds. The quantitative estimate of drug-likeness (QED) is 0.385. The van der Waals surface area contributed by atoms with Gasteiger partial charge in [-0.15, -0.1) is 0 Å². The van der Waals surface area contributed by atoms with Gasteiger partial charge in [0.05, 0.1) is 0 Å². The van der Waals surface area contributed by atoms with Gasteiger partial charge in [-0.25, -0.2) is 0 Å². The van der Waals surface area contributed by atoms with Crippen molar-refractivity contribution in [3.63, 3.8) is 0 Å². The Balaban J connectivity index is 3.44. The van der Waals surface area contributed by atoms with Gasteiger partial charge in [0.2, 0.25) is 0 Å². The molecule has 15 heavy (non-hydrogen) atoms. The summed E-state index contributed by atoms with van der Waals surface area (Å²) in [5.41, 5.74) is 0. The Kier molecular flexibility index (Phi) is 8.28. The summed E-state index contributed by atoms with van der Waals surface area (Å²) in [6, 6.07) is 0. The van der Waals surface area contributed by atoms with Gasteiger partial charge < -0.3 is 0 Å². The standard InChI is InChI=1S/C14H31B/c1-5-9-13(3)10-7-8-12-14(4,15)11-6-2/h13H,5-12,15H2,1-4H3. The largest absolute Gasteiger partial charge is 0.109 e. The molecule has 0 aliphatic heterocycles. The zero-order chi connectivity index (χ0) is 11.7. The maximum absolute atomic E-state index is 2.42. The second-order valence-corrected chi connectivity index (χ2v) is 6.05. The summed E-state index contributed by atoms with van der Waals surface area (Å²) >= 11 is 0. The van der Waals surface area contributed by atoms with Crippen LogP contribution in [0.4, 0.5) is 0 Å². The van der Waals surface area contributed by atoms with E-state index in [9.17, 15) is 0 Å². The third-order valence-electron chi connectivity index (χ3n) is 3.51. The summed E-state index contributed by atoms with van der Waals surface area (Å²) < 4.78 is 0. The lowest BCUT2D eigenvalue weighted by Gasteiger charge is -2.24. The number of rotatable bonds is 9. The van der Waals surface area contributed by atoms with Crippen LogP contribution in [0.3, 0.4) is 0 Å². The normalized spacial score (nSPS) is 17.3. The lowest BCUT2D eigenvalue weighted by Crippen LogP contribution is -2.07. The third kappa shape index (κ3) is 9.02. The minimum absolute atomic E-state index is 0.586. The van der Waals surface area contributed by atoms with Crippen molar-refractivity contribution >= 4 is 7.85 Å². The van der Waals surface area contributed by atoms with Crippen LogP contribution in [0, 0.1) is 5.92 Å². The lowest BCUT2D eigenvalue weighted by atomic mass is 9.64. The Morgan fingerprint density at radius 3 is 2.20 bits per heavy atom. The van der Waals surface area contributed by atoms with E-state index in [2.05, 4.69) is 35.5 Å². The summed E-state index contributed by atoms with van der Waals surface area (Å²) in [6.45, 7) is 9.42. The Labute approximate surface area is 98.6 Å². The van der Waals surface area contributed by atoms with Crippen LogP contribution in [0.25, 0.3) is 0 Å². The first kappa shape index (κ1) is 15.1. The minimum Gasteiger partial charge on any atom is -0.0669 e. The van der Waals surface area contributed by atoms with Crippen molar-refractivity contribution in [1.29, 1.82) is 0 Å². The molecule has 0 bridgehead atoms. The van der Waals surface area contributed by atoms with Crippen LogP contribution < -0.4 is 0 Å². The molecule has 2 atom stereocenters. The molecule has 0 nitrogen and oxygen atoms in total. The second-order valence-electron chi connectivity index (χ2n) is 6.05. The first-order valence-electron chi connectivity index (χ1n) is 7.02. The highest BCUT2D eigenvalue weighted by atomic mass is 14.2. The van der Waals surface area contributed by atoms with Crippen LogP contribution in [0.2, 0.25) is 5.31 Å². The molecule has 0 aromatic heterocycles. The highest BCUT2D eigenvalue weighted by molar-refractivity contribution is 6.14. The van der Waals surface area contributed by atoms with Gasteiger partial charge in [-0.1, -0.05) is 84.4 Å².